The number of fused-ring (bicyclic) bond motifs is 1. The molecule has 2 aromatic rings. The molecule has 0 bridgehead atoms. The molecule has 2 amide bonds. The molecule has 1 aromatic heterocycles. The second kappa shape index (κ2) is 6.24. The number of methoxy groups -OCH3 is 2. The van der Waals surface area contributed by atoms with Crippen LogP contribution in [0, 0.1) is 0 Å². The number of nitrogens with zero attached hydrogens (tertiary/aromatic N) is 2. The first kappa shape index (κ1) is 15.3. The van der Waals surface area contributed by atoms with Gasteiger partial charge in [0.05, 0.1) is 20.3 Å². The van der Waals surface area contributed by atoms with Crippen molar-refractivity contribution in [3.8, 4) is 11.5 Å². The van der Waals surface area contributed by atoms with Crippen LogP contribution in [0.1, 0.15) is 18.7 Å². The molecule has 1 aromatic carbocycles. The summed E-state index contributed by atoms with van der Waals surface area (Å²) in [6.45, 7) is 3.52. The zero-order valence-corrected chi connectivity index (χ0v) is 13.6. The SMILES string of the molecule is COc1cc(NC(=O)N2CCn3cccc3[C@@H]2C)cc(OC)c1. The van der Waals surface area contributed by atoms with Gasteiger partial charge in [0.15, 0.2) is 0 Å². The second-order valence-corrected chi connectivity index (χ2v) is 5.53. The van der Waals surface area contributed by atoms with E-state index in [2.05, 4.69) is 16.0 Å². The summed E-state index contributed by atoms with van der Waals surface area (Å²) in [7, 11) is 3.17. The lowest BCUT2D eigenvalue weighted by Crippen LogP contribution is -2.43. The van der Waals surface area contributed by atoms with E-state index in [1.165, 1.54) is 0 Å². The van der Waals surface area contributed by atoms with Crippen LogP contribution in [0.2, 0.25) is 0 Å². The summed E-state index contributed by atoms with van der Waals surface area (Å²) in [5.74, 6) is 1.28. The zero-order valence-electron chi connectivity index (χ0n) is 13.6. The summed E-state index contributed by atoms with van der Waals surface area (Å²) in [5, 5.41) is 2.93. The van der Waals surface area contributed by atoms with E-state index in [9.17, 15) is 4.79 Å². The van der Waals surface area contributed by atoms with Crippen LogP contribution in [-0.2, 0) is 6.54 Å². The number of carbonyl (C=O) groups is 1. The van der Waals surface area contributed by atoms with Crippen molar-refractivity contribution < 1.29 is 14.3 Å². The van der Waals surface area contributed by atoms with Gasteiger partial charge in [0.25, 0.3) is 0 Å². The number of benzene rings is 1. The highest BCUT2D eigenvalue weighted by atomic mass is 16.5. The Morgan fingerprint density at radius 3 is 2.52 bits per heavy atom. The number of hydrogen-bond acceptors (Lipinski definition) is 3. The van der Waals surface area contributed by atoms with E-state index in [1.54, 1.807) is 32.4 Å². The van der Waals surface area contributed by atoms with Crippen LogP contribution in [0.15, 0.2) is 36.5 Å². The molecule has 23 heavy (non-hydrogen) atoms. The van der Waals surface area contributed by atoms with E-state index in [4.69, 9.17) is 9.47 Å². The maximum atomic E-state index is 12.6. The highest BCUT2D eigenvalue weighted by Crippen LogP contribution is 2.28. The van der Waals surface area contributed by atoms with Crippen molar-refractivity contribution in [2.45, 2.75) is 19.5 Å². The Bertz CT molecular complexity index is 689. The van der Waals surface area contributed by atoms with Gasteiger partial charge in [-0.3, -0.25) is 0 Å². The first-order chi connectivity index (χ1) is 11.1. The van der Waals surface area contributed by atoms with Gasteiger partial charge in [0, 0.05) is 48.9 Å². The fourth-order valence-corrected chi connectivity index (χ4v) is 2.93. The fraction of sp³-hybridized carbons (Fsp3) is 0.353. The standard InChI is InChI=1S/C17H21N3O3/c1-12-16-5-4-6-19(16)7-8-20(12)17(21)18-13-9-14(22-2)11-15(10-13)23-3/h4-6,9-12H,7-8H2,1-3H3,(H,18,21)/t12-/m0/s1. The Labute approximate surface area is 135 Å². The summed E-state index contributed by atoms with van der Waals surface area (Å²) >= 11 is 0. The molecule has 6 nitrogen and oxygen atoms in total. The van der Waals surface area contributed by atoms with Crippen molar-refractivity contribution in [3.05, 3.63) is 42.2 Å². The number of rotatable bonds is 3. The van der Waals surface area contributed by atoms with Crippen LogP contribution < -0.4 is 14.8 Å². The molecule has 1 aliphatic heterocycles. The molecule has 0 spiro atoms. The molecule has 1 N–H and O–H groups in total. The quantitative estimate of drug-likeness (QED) is 0.947. The fourth-order valence-electron chi connectivity index (χ4n) is 2.93. The van der Waals surface area contributed by atoms with E-state index >= 15 is 0 Å². The molecule has 122 valence electrons. The van der Waals surface area contributed by atoms with Gasteiger partial charge in [-0.2, -0.15) is 0 Å². The minimum atomic E-state index is -0.125. The van der Waals surface area contributed by atoms with E-state index in [0.717, 1.165) is 12.2 Å². The predicted octanol–water partition coefficient (Wildman–Crippen LogP) is 3.11. The molecule has 1 atom stereocenters. The summed E-state index contributed by atoms with van der Waals surface area (Å²) in [5.41, 5.74) is 1.80. The summed E-state index contributed by atoms with van der Waals surface area (Å²) in [4.78, 5) is 14.5. The topological polar surface area (TPSA) is 55.7 Å². The molecule has 0 saturated heterocycles. The normalized spacial score (nSPS) is 16.7. The lowest BCUT2D eigenvalue weighted by molar-refractivity contribution is 0.175. The Morgan fingerprint density at radius 2 is 1.87 bits per heavy atom. The molecule has 0 saturated carbocycles. The number of nitrogens with one attached hydrogen (secondary N) is 1. The van der Waals surface area contributed by atoms with Crippen molar-refractivity contribution in [2.75, 3.05) is 26.1 Å². The minimum Gasteiger partial charge on any atom is -0.497 e. The lowest BCUT2D eigenvalue weighted by atomic mass is 10.1. The first-order valence-corrected chi connectivity index (χ1v) is 7.58. The molecular weight excluding hydrogens is 294 g/mol. The Hall–Kier alpha value is -2.63. The number of ether oxygens (including phenoxy) is 2. The van der Waals surface area contributed by atoms with Crippen molar-refractivity contribution in [1.82, 2.24) is 9.47 Å². The van der Waals surface area contributed by atoms with Gasteiger partial charge < -0.3 is 24.3 Å². The molecule has 0 aliphatic carbocycles. The van der Waals surface area contributed by atoms with Crippen molar-refractivity contribution >= 4 is 11.7 Å². The average Bonchev–Trinajstić information content (AvgIpc) is 3.04. The van der Waals surface area contributed by atoms with Crippen LogP contribution >= 0.6 is 0 Å². The van der Waals surface area contributed by atoms with Crippen LogP contribution in [0.5, 0.6) is 11.5 Å². The molecule has 1 aliphatic rings. The van der Waals surface area contributed by atoms with E-state index in [1.807, 2.05) is 24.1 Å². The third-order valence-corrected chi connectivity index (χ3v) is 4.21. The smallest absolute Gasteiger partial charge is 0.322 e. The van der Waals surface area contributed by atoms with Gasteiger partial charge in [-0.1, -0.05) is 0 Å². The number of carbonyl (C=O) groups excluding carboxylic acids is 1. The zero-order chi connectivity index (χ0) is 16.4. The van der Waals surface area contributed by atoms with Crippen LogP contribution in [-0.4, -0.2) is 36.3 Å². The minimum absolute atomic E-state index is 0.0336. The Balaban J connectivity index is 1.77. The van der Waals surface area contributed by atoms with E-state index in [-0.39, 0.29) is 12.1 Å². The maximum absolute atomic E-state index is 12.6. The molecule has 0 radical (unpaired) electrons. The van der Waals surface area contributed by atoms with E-state index < -0.39 is 0 Å². The van der Waals surface area contributed by atoms with Crippen molar-refractivity contribution in [2.24, 2.45) is 0 Å². The number of amides is 2. The maximum Gasteiger partial charge on any atom is 0.322 e. The van der Waals surface area contributed by atoms with Gasteiger partial charge in [-0.25, -0.2) is 4.79 Å². The highest BCUT2D eigenvalue weighted by molar-refractivity contribution is 5.90. The number of hydrogen-bond donors (Lipinski definition) is 1. The van der Waals surface area contributed by atoms with Crippen molar-refractivity contribution in [3.63, 3.8) is 0 Å². The molecule has 2 heterocycles. The van der Waals surface area contributed by atoms with Gasteiger partial charge in [-0.15, -0.1) is 0 Å². The Kier molecular flexibility index (Phi) is 4.14. The molecule has 3 rings (SSSR count). The molecule has 0 fully saturated rings. The van der Waals surface area contributed by atoms with Gasteiger partial charge in [0.1, 0.15) is 11.5 Å². The highest BCUT2D eigenvalue weighted by Gasteiger charge is 2.27. The van der Waals surface area contributed by atoms with Crippen LogP contribution in [0.3, 0.4) is 0 Å². The Morgan fingerprint density at radius 1 is 1.17 bits per heavy atom. The van der Waals surface area contributed by atoms with E-state index in [0.29, 0.717) is 23.7 Å². The second-order valence-electron chi connectivity index (χ2n) is 5.53. The number of aromatic nitrogens is 1. The van der Waals surface area contributed by atoms with Crippen molar-refractivity contribution in [1.29, 1.82) is 0 Å². The van der Waals surface area contributed by atoms with Gasteiger partial charge >= 0.3 is 6.03 Å². The molecule has 0 unspecified atom stereocenters. The average molecular weight is 315 g/mol. The van der Waals surface area contributed by atoms with Crippen LogP contribution in [0.25, 0.3) is 0 Å². The van der Waals surface area contributed by atoms with Gasteiger partial charge in [0.2, 0.25) is 0 Å². The number of urea groups is 1. The molecular formula is C17H21N3O3. The summed E-state index contributed by atoms with van der Waals surface area (Å²) < 4.78 is 12.7. The largest absolute Gasteiger partial charge is 0.497 e. The number of anilines is 1. The third kappa shape index (κ3) is 2.97. The van der Waals surface area contributed by atoms with Gasteiger partial charge in [-0.05, 0) is 19.1 Å². The third-order valence-electron chi connectivity index (χ3n) is 4.21. The molecule has 6 heteroatoms. The predicted molar refractivity (Wildman–Crippen MR) is 88.1 cm³/mol. The summed E-state index contributed by atoms with van der Waals surface area (Å²) in [6, 6.07) is 9.30. The first-order valence-electron chi connectivity index (χ1n) is 7.58. The lowest BCUT2D eigenvalue weighted by Gasteiger charge is -2.34. The summed E-state index contributed by atoms with van der Waals surface area (Å²) in [6.07, 6.45) is 2.05. The van der Waals surface area contributed by atoms with Crippen LogP contribution in [0.4, 0.5) is 10.5 Å². The monoisotopic (exact) mass is 315 g/mol.